The van der Waals surface area contributed by atoms with Crippen LogP contribution in [0.3, 0.4) is 0 Å². The zero-order chi connectivity index (χ0) is 17.4. The second-order valence-corrected chi connectivity index (χ2v) is 5.71. The molecule has 1 aliphatic carbocycles. The van der Waals surface area contributed by atoms with Crippen LogP contribution in [0.5, 0.6) is 5.75 Å². The first kappa shape index (κ1) is 17.8. The molecule has 0 aromatic heterocycles. The molecule has 1 fully saturated rings. The van der Waals surface area contributed by atoms with Crippen molar-refractivity contribution >= 4 is 17.8 Å². The second-order valence-electron chi connectivity index (χ2n) is 5.71. The van der Waals surface area contributed by atoms with E-state index in [2.05, 4.69) is 5.32 Å². The van der Waals surface area contributed by atoms with Crippen LogP contribution in [0.25, 0.3) is 0 Å². The monoisotopic (exact) mass is 334 g/mol. The summed E-state index contributed by atoms with van der Waals surface area (Å²) in [7, 11) is 0. The van der Waals surface area contributed by atoms with E-state index in [1.807, 2.05) is 0 Å². The Morgan fingerprint density at radius 1 is 1.08 bits per heavy atom. The van der Waals surface area contributed by atoms with Crippen LogP contribution in [-0.2, 0) is 14.3 Å². The third-order valence-corrected chi connectivity index (χ3v) is 3.83. The lowest BCUT2D eigenvalue weighted by Gasteiger charge is -2.22. The number of nitrogens with one attached hydrogen (secondary N) is 1. The van der Waals surface area contributed by atoms with Crippen molar-refractivity contribution in [3.63, 3.8) is 0 Å². The summed E-state index contributed by atoms with van der Waals surface area (Å²) in [4.78, 5) is 34.6. The Hall–Kier alpha value is -2.57. The quantitative estimate of drug-likeness (QED) is 0.727. The number of rotatable bonds is 7. The van der Waals surface area contributed by atoms with Crippen LogP contribution >= 0.6 is 0 Å². The van der Waals surface area contributed by atoms with Crippen LogP contribution < -0.4 is 15.8 Å². The van der Waals surface area contributed by atoms with Crippen LogP contribution in [0.1, 0.15) is 42.5 Å². The number of amides is 2. The number of hydrogen-bond acceptors (Lipinski definition) is 5. The summed E-state index contributed by atoms with van der Waals surface area (Å²) in [5.74, 6) is -1.44. The zero-order valence-corrected chi connectivity index (χ0v) is 13.5. The minimum atomic E-state index is -0.687. The normalized spacial score (nSPS) is 14.7. The standard InChI is InChI=1S/C17H22N2O5/c18-17(22)13-8-4-5-9-14(13)23-11-16(21)24-10-15(20)19-12-6-2-1-3-7-12/h4-5,8-9,12H,1-3,6-7,10-11H2,(H2,18,22)(H,19,20). The number of carbonyl (C=O) groups excluding carboxylic acids is 3. The molecule has 0 spiro atoms. The Kier molecular flexibility index (Phi) is 6.60. The van der Waals surface area contributed by atoms with Crippen molar-refractivity contribution in [2.75, 3.05) is 13.2 Å². The molecule has 0 bridgehead atoms. The molecule has 0 aliphatic heterocycles. The molecule has 130 valence electrons. The van der Waals surface area contributed by atoms with Gasteiger partial charge >= 0.3 is 5.97 Å². The van der Waals surface area contributed by atoms with Gasteiger partial charge in [-0.1, -0.05) is 31.4 Å². The average Bonchev–Trinajstić information content (AvgIpc) is 2.59. The van der Waals surface area contributed by atoms with Crippen molar-refractivity contribution in [1.82, 2.24) is 5.32 Å². The van der Waals surface area contributed by atoms with Gasteiger partial charge in [-0.25, -0.2) is 4.79 Å². The van der Waals surface area contributed by atoms with E-state index in [-0.39, 0.29) is 29.9 Å². The predicted molar refractivity (Wildman–Crippen MR) is 86.4 cm³/mol. The van der Waals surface area contributed by atoms with Gasteiger partial charge in [0, 0.05) is 6.04 Å². The Labute approximate surface area is 140 Å². The Bertz CT molecular complexity index is 596. The molecule has 2 rings (SSSR count). The van der Waals surface area contributed by atoms with Gasteiger partial charge in [0.25, 0.3) is 11.8 Å². The first-order valence-corrected chi connectivity index (χ1v) is 8.03. The van der Waals surface area contributed by atoms with Crippen molar-refractivity contribution in [3.05, 3.63) is 29.8 Å². The van der Waals surface area contributed by atoms with Crippen LogP contribution in [0.15, 0.2) is 24.3 Å². The number of carbonyl (C=O) groups is 3. The van der Waals surface area contributed by atoms with Crippen molar-refractivity contribution < 1.29 is 23.9 Å². The Balaban J connectivity index is 1.71. The summed E-state index contributed by atoms with van der Waals surface area (Å²) in [6.45, 7) is -0.739. The molecule has 1 saturated carbocycles. The van der Waals surface area contributed by atoms with E-state index < -0.39 is 18.5 Å². The van der Waals surface area contributed by atoms with E-state index in [0.29, 0.717) is 0 Å². The third kappa shape index (κ3) is 5.57. The lowest BCUT2D eigenvalue weighted by molar-refractivity contribution is -0.150. The SMILES string of the molecule is NC(=O)c1ccccc1OCC(=O)OCC(=O)NC1CCCCC1. The lowest BCUT2D eigenvalue weighted by atomic mass is 9.95. The molecular formula is C17H22N2O5. The fourth-order valence-corrected chi connectivity index (χ4v) is 2.64. The van der Waals surface area contributed by atoms with Crippen LogP contribution in [0, 0.1) is 0 Å². The maximum absolute atomic E-state index is 11.7. The summed E-state index contributed by atoms with van der Waals surface area (Å²) in [5.41, 5.74) is 5.40. The highest BCUT2D eigenvalue weighted by Crippen LogP contribution is 2.18. The molecule has 24 heavy (non-hydrogen) atoms. The molecule has 7 heteroatoms. The Morgan fingerprint density at radius 2 is 1.79 bits per heavy atom. The van der Waals surface area contributed by atoms with E-state index in [1.54, 1.807) is 12.1 Å². The highest BCUT2D eigenvalue weighted by molar-refractivity contribution is 5.95. The molecule has 0 unspecified atom stereocenters. The molecule has 0 radical (unpaired) electrons. The number of benzene rings is 1. The number of esters is 1. The van der Waals surface area contributed by atoms with E-state index >= 15 is 0 Å². The fraction of sp³-hybridized carbons (Fsp3) is 0.471. The van der Waals surface area contributed by atoms with Gasteiger partial charge in [0.2, 0.25) is 0 Å². The zero-order valence-electron chi connectivity index (χ0n) is 13.5. The van der Waals surface area contributed by atoms with Crippen molar-refractivity contribution in [2.45, 2.75) is 38.1 Å². The van der Waals surface area contributed by atoms with E-state index in [4.69, 9.17) is 15.2 Å². The number of hydrogen-bond donors (Lipinski definition) is 2. The number of primary amides is 1. The van der Waals surface area contributed by atoms with Gasteiger partial charge in [-0.05, 0) is 25.0 Å². The number of ether oxygens (including phenoxy) is 2. The topological polar surface area (TPSA) is 108 Å². The highest BCUT2D eigenvalue weighted by Gasteiger charge is 2.17. The van der Waals surface area contributed by atoms with E-state index in [1.165, 1.54) is 18.6 Å². The number of nitrogens with two attached hydrogens (primary N) is 1. The van der Waals surface area contributed by atoms with Gasteiger partial charge in [0.15, 0.2) is 13.2 Å². The molecule has 1 aromatic rings. The van der Waals surface area contributed by atoms with Crippen molar-refractivity contribution in [3.8, 4) is 5.75 Å². The largest absolute Gasteiger partial charge is 0.481 e. The minimum absolute atomic E-state index is 0.170. The molecule has 7 nitrogen and oxygen atoms in total. The molecule has 1 aromatic carbocycles. The van der Waals surface area contributed by atoms with Gasteiger partial charge in [-0.15, -0.1) is 0 Å². The third-order valence-electron chi connectivity index (χ3n) is 3.83. The van der Waals surface area contributed by atoms with Crippen LogP contribution in [-0.4, -0.2) is 37.0 Å². The lowest BCUT2D eigenvalue weighted by Crippen LogP contribution is -2.39. The summed E-state index contributed by atoms with van der Waals surface area (Å²) in [6.07, 6.45) is 5.35. The van der Waals surface area contributed by atoms with Gasteiger partial charge < -0.3 is 20.5 Å². The maximum atomic E-state index is 11.7. The minimum Gasteiger partial charge on any atom is -0.481 e. The predicted octanol–water partition coefficient (Wildman–Crippen LogP) is 1.16. The smallest absolute Gasteiger partial charge is 0.344 e. The summed E-state index contributed by atoms with van der Waals surface area (Å²) >= 11 is 0. The molecule has 0 heterocycles. The van der Waals surface area contributed by atoms with Crippen molar-refractivity contribution in [2.24, 2.45) is 5.73 Å². The van der Waals surface area contributed by atoms with E-state index in [9.17, 15) is 14.4 Å². The second kappa shape index (κ2) is 8.90. The summed E-state index contributed by atoms with van der Waals surface area (Å²) in [6, 6.07) is 6.50. The molecule has 3 N–H and O–H groups in total. The molecule has 0 atom stereocenters. The molecular weight excluding hydrogens is 312 g/mol. The van der Waals surface area contributed by atoms with Gasteiger partial charge in [-0.3, -0.25) is 9.59 Å². The molecule has 1 aliphatic rings. The summed E-state index contributed by atoms with van der Waals surface area (Å²) < 4.78 is 10.1. The van der Waals surface area contributed by atoms with Gasteiger partial charge in [0.05, 0.1) is 5.56 Å². The average molecular weight is 334 g/mol. The highest BCUT2D eigenvalue weighted by atomic mass is 16.6. The van der Waals surface area contributed by atoms with Gasteiger partial charge in [-0.2, -0.15) is 0 Å². The first-order valence-electron chi connectivity index (χ1n) is 8.03. The first-order chi connectivity index (χ1) is 11.6. The van der Waals surface area contributed by atoms with Crippen LogP contribution in [0.2, 0.25) is 0 Å². The molecule has 2 amide bonds. The maximum Gasteiger partial charge on any atom is 0.344 e. The summed E-state index contributed by atoms with van der Waals surface area (Å²) in [5, 5.41) is 2.85. The van der Waals surface area contributed by atoms with Crippen LogP contribution in [0.4, 0.5) is 0 Å². The molecule has 0 saturated heterocycles. The fourth-order valence-electron chi connectivity index (χ4n) is 2.64. The number of para-hydroxylation sites is 1. The Morgan fingerprint density at radius 3 is 2.50 bits per heavy atom. The van der Waals surface area contributed by atoms with Gasteiger partial charge in [0.1, 0.15) is 5.75 Å². The van der Waals surface area contributed by atoms with Crippen molar-refractivity contribution in [1.29, 1.82) is 0 Å². The van der Waals surface area contributed by atoms with E-state index in [0.717, 1.165) is 25.7 Å².